The van der Waals surface area contributed by atoms with E-state index in [1.165, 1.54) is 6.92 Å². The molecule has 0 amide bonds. The van der Waals surface area contributed by atoms with Crippen molar-refractivity contribution < 1.29 is 5.11 Å². The average Bonchev–Trinajstić information content (AvgIpc) is 2.07. The lowest BCUT2D eigenvalue weighted by Crippen LogP contribution is -1.88. The number of hydrogen-bond donors (Lipinski definition) is 1. The highest BCUT2D eigenvalue weighted by molar-refractivity contribution is 5.75. The summed E-state index contributed by atoms with van der Waals surface area (Å²) >= 11 is 0. The molecule has 0 aliphatic heterocycles. The molecule has 1 heterocycles. The first-order chi connectivity index (χ1) is 5.75. The van der Waals surface area contributed by atoms with Crippen LogP contribution in [-0.4, -0.2) is 10.1 Å². The van der Waals surface area contributed by atoms with E-state index in [0.717, 1.165) is 0 Å². The van der Waals surface area contributed by atoms with Crippen LogP contribution in [0.15, 0.2) is 30.2 Å². The first kappa shape index (κ1) is 8.28. The summed E-state index contributed by atoms with van der Waals surface area (Å²) in [6, 6.07) is 7.09. The van der Waals surface area contributed by atoms with E-state index in [2.05, 4.69) is 4.98 Å². The Morgan fingerprint density at radius 2 is 2.33 bits per heavy atom. The normalized spacial score (nSPS) is 11.7. The van der Waals surface area contributed by atoms with Crippen LogP contribution in [0, 0.1) is 11.3 Å². The number of pyridine rings is 1. The lowest BCUT2D eigenvalue weighted by Gasteiger charge is -1.97. The smallest absolute Gasteiger partial charge is 0.115 e. The van der Waals surface area contributed by atoms with Gasteiger partial charge < -0.3 is 5.11 Å². The molecule has 0 aliphatic rings. The van der Waals surface area contributed by atoms with Crippen molar-refractivity contribution in [2.24, 2.45) is 0 Å². The summed E-state index contributed by atoms with van der Waals surface area (Å²) in [4.78, 5) is 3.93. The van der Waals surface area contributed by atoms with Gasteiger partial charge in [0, 0.05) is 6.20 Å². The fraction of sp³-hybridized carbons (Fsp3) is 0.111. The Morgan fingerprint density at radius 3 is 2.75 bits per heavy atom. The monoisotopic (exact) mass is 160 g/mol. The minimum atomic E-state index is -0.00352. The summed E-state index contributed by atoms with van der Waals surface area (Å²) in [6.45, 7) is 1.47. The van der Waals surface area contributed by atoms with Gasteiger partial charge in [0.25, 0.3) is 0 Å². The number of hydrogen-bond acceptors (Lipinski definition) is 3. The molecule has 0 bridgehead atoms. The molecule has 0 saturated carbocycles. The fourth-order valence-electron chi connectivity index (χ4n) is 0.834. The van der Waals surface area contributed by atoms with Crippen LogP contribution in [0.1, 0.15) is 12.6 Å². The Kier molecular flexibility index (Phi) is 2.44. The Balaban J connectivity index is 3.17. The zero-order valence-electron chi connectivity index (χ0n) is 6.65. The maximum Gasteiger partial charge on any atom is 0.115 e. The van der Waals surface area contributed by atoms with E-state index in [1.807, 2.05) is 6.07 Å². The number of aliphatic hydroxyl groups excluding tert-OH is 1. The molecule has 3 heteroatoms. The van der Waals surface area contributed by atoms with Gasteiger partial charge in [-0.2, -0.15) is 5.26 Å². The van der Waals surface area contributed by atoms with Crippen molar-refractivity contribution in [3.05, 3.63) is 35.8 Å². The Bertz CT molecular complexity index is 331. The molecule has 0 unspecified atom stereocenters. The second-order valence-corrected chi connectivity index (χ2v) is 2.29. The zero-order valence-corrected chi connectivity index (χ0v) is 6.65. The molecular weight excluding hydrogens is 152 g/mol. The van der Waals surface area contributed by atoms with Crippen LogP contribution in [0.2, 0.25) is 0 Å². The van der Waals surface area contributed by atoms with Gasteiger partial charge in [-0.1, -0.05) is 6.07 Å². The first-order valence-electron chi connectivity index (χ1n) is 3.47. The summed E-state index contributed by atoms with van der Waals surface area (Å²) in [5.74, 6) is -0.00352. The molecule has 0 radical (unpaired) electrons. The van der Waals surface area contributed by atoms with Crippen molar-refractivity contribution in [3.63, 3.8) is 0 Å². The van der Waals surface area contributed by atoms with Crippen LogP contribution in [0.5, 0.6) is 0 Å². The Labute approximate surface area is 70.6 Å². The molecule has 12 heavy (non-hydrogen) atoms. The maximum atomic E-state index is 9.08. The molecule has 0 aromatic carbocycles. The summed E-state index contributed by atoms with van der Waals surface area (Å²) in [5.41, 5.74) is 0.718. The highest BCUT2D eigenvalue weighted by Crippen LogP contribution is 2.12. The fourth-order valence-corrected chi connectivity index (χ4v) is 0.834. The zero-order chi connectivity index (χ0) is 8.97. The van der Waals surface area contributed by atoms with Gasteiger partial charge in [-0.05, 0) is 19.1 Å². The van der Waals surface area contributed by atoms with Crippen LogP contribution >= 0.6 is 0 Å². The van der Waals surface area contributed by atoms with Crippen LogP contribution in [0.3, 0.4) is 0 Å². The molecular formula is C9H8N2O. The van der Waals surface area contributed by atoms with Crippen LogP contribution in [-0.2, 0) is 0 Å². The molecule has 1 aromatic rings. The van der Waals surface area contributed by atoms with E-state index < -0.39 is 0 Å². The van der Waals surface area contributed by atoms with E-state index in [-0.39, 0.29) is 11.3 Å². The number of allylic oxidation sites excluding steroid dienone is 2. The van der Waals surface area contributed by atoms with Crippen molar-refractivity contribution in [1.29, 1.82) is 5.26 Å². The Hall–Kier alpha value is -1.82. The van der Waals surface area contributed by atoms with Crippen LogP contribution < -0.4 is 0 Å². The SMILES string of the molecule is C/C(O)=C(\C#N)c1ccccn1. The molecule has 1 N–H and O–H groups in total. The van der Waals surface area contributed by atoms with E-state index in [9.17, 15) is 0 Å². The molecule has 0 atom stereocenters. The van der Waals surface area contributed by atoms with Gasteiger partial charge in [-0.3, -0.25) is 4.98 Å². The van der Waals surface area contributed by atoms with Gasteiger partial charge >= 0.3 is 0 Å². The van der Waals surface area contributed by atoms with E-state index in [0.29, 0.717) is 5.69 Å². The van der Waals surface area contributed by atoms with Crippen molar-refractivity contribution in [3.8, 4) is 6.07 Å². The molecule has 1 aromatic heterocycles. The van der Waals surface area contributed by atoms with Gasteiger partial charge in [-0.15, -0.1) is 0 Å². The number of nitrogens with zero attached hydrogens (tertiary/aromatic N) is 2. The van der Waals surface area contributed by atoms with Crippen molar-refractivity contribution in [1.82, 2.24) is 4.98 Å². The third-order valence-electron chi connectivity index (χ3n) is 1.39. The van der Waals surface area contributed by atoms with Crippen LogP contribution in [0.4, 0.5) is 0 Å². The van der Waals surface area contributed by atoms with Gasteiger partial charge in [0.05, 0.1) is 5.69 Å². The van der Waals surface area contributed by atoms with E-state index in [1.54, 1.807) is 24.4 Å². The number of nitriles is 1. The van der Waals surface area contributed by atoms with Gasteiger partial charge in [0.2, 0.25) is 0 Å². The lowest BCUT2D eigenvalue weighted by molar-refractivity contribution is 0.417. The Morgan fingerprint density at radius 1 is 1.58 bits per heavy atom. The topological polar surface area (TPSA) is 56.9 Å². The average molecular weight is 160 g/mol. The maximum absolute atomic E-state index is 9.08. The summed E-state index contributed by atoms with van der Waals surface area (Å²) in [6.07, 6.45) is 1.58. The largest absolute Gasteiger partial charge is 0.511 e. The molecule has 60 valence electrons. The summed E-state index contributed by atoms with van der Waals surface area (Å²) in [7, 11) is 0. The number of rotatable bonds is 1. The minimum absolute atomic E-state index is 0.00352. The molecule has 0 aliphatic carbocycles. The molecule has 0 saturated heterocycles. The highest BCUT2D eigenvalue weighted by Gasteiger charge is 2.03. The number of aromatic nitrogens is 1. The van der Waals surface area contributed by atoms with Gasteiger partial charge in [-0.25, -0.2) is 0 Å². The quantitative estimate of drug-likeness (QED) is 0.504. The summed E-state index contributed by atoms with van der Waals surface area (Å²) < 4.78 is 0. The first-order valence-corrected chi connectivity index (χ1v) is 3.47. The molecule has 0 spiro atoms. The van der Waals surface area contributed by atoms with Gasteiger partial charge in [0.1, 0.15) is 17.4 Å². The van der Waals surface area contributed by atoms with Crippen molar-refractivity contribution in [2.45, 2.75) is 6.92 Å². The van der Waals surface area contributed by atoms with E-state index in [4.69, 9.17) is 10.4 Å². The minimum Gasteiger partial charge on any atom is -0.511 e. The van der Waals surface area contributed by atoms with E-state index >= 15 is 0 Å². The predicted molar refractivity (Wildman–Crippen MR) is 45.1 cm³/mol. The predicted octanol–water partition coefficient (Wildman–Crippen LogP) is 1.89. The number of aliphatic hydroxyl groups is 1. The third-order valence-corrected chi connectivity index (χ3v) is 1.39. The van der Waals surface area contributed by atoms with Crippen LogP contribution in [0.25, 0.3) is 5.57 Å². The van der Waals surface area contributed by atoms with Crippen molar-refractivity contribution >= 4 is 5.57 Å². The third kappa shape index (κ3) is 1.61. The second-order valence-electron chi connectivity index (χ2n) is 2.29. The van der Waals surface area contributed by atoms with Gasteiger partial charge in [0.15, 0.2) is 0 Å². The summed E-state index contributed by atoms with van der Waals surface area (Å²) in [5, 5.41) is 17.7. The standard InChI is InChI=1S/C9H8N2O/c1-7(12)8(6-10)9-4-2-3-5-11-9/h2-5,12H,1H3/b8-7-. The second kappa shape index (κ2) is 3.54. The van der Waals surface area contributed by atoms with Crippen molar-refractivity contribution in [2.75, 3.05) is 0 Å². The molecule has 0 fully saturated rings. The lowest BCUT2D eigenvalue weighted by atomic mass is 10.1. The molecule has 3 nitrogen and oxygen atoms in total. The highest BCUT2D eigenvalue weighted by atomic mass is 16.3. The molecule has 1 rings (SSSR count).